The fourth-order valence-corrected chi connectivity index (χ4v) is 6.86. The number of nitrogens with one attached hydrogen (secondary N) is 1. The Balaban J connectivity index is 1.28. The Kier molecular flexibility index (Phi) is 9.36. The van der Waals surface area contributed by atoms with E-state index in [1.165, 1.54) is 41.3 Å². The van der Waals surface area contributed by atoms with Crippen LogP contribution in [0.15, 0.2) is 65.8 Å². The van der Waals surface area contributed by atoms with Crippen LogP contribution in [0.1, 0.15) is 52.4 Å². The molecular formula is C35H35ClFN5O6. The van der Waals surface area contributed by atoms with Gasteiger partial charge in [0, 0.05) is 63.0 Å². The number of aromatic carboxylic acids is 1. The van der Waals surface area contributed by atoms with Gasteiger partial charge in [-0.2, -0.15) is 0 Å². The maximum absolute atomic E-state index is 14.8. The van der Waals surface area contributed by atoms with E-state index >= 15 is 0 Å². The van der Waals surface area contributed by atoms with Gasteiger partial charge >= 0.3 is 5.97 Å². The predicted molar refractivity (Wildman–Crippen MR) is 178 cm³/mol. The minimum Gasteiger partial charge on any atom is -0.478 e. The van der Waals surface area contributed by atoms with Crippen LogP contribution in [-0.2, 0) is 25.6 Å². The molecule has 0 spiro atoms. The molecule has 3 aromatic carbocycles. The van der Waals surface area contributed by atoms with Gasteiger partial charge in [0.2, 0.25) is 12.0 Å². The van der Waals surface area contributed by atoms with E-state index in [4.69, 9.17) is 16.4 Å². The summed E-state index contributed by atoms with van der Waals surface area (Å²) in [6.07, 6.45) is 0.785. The molecular weight excluding hydrogens is 641 g/mol. The van der Waals surface area contributed by atoms with Gasteiger partial charge in [-0.25, -0.2) is 9.18 Å². The number of carbonyl (C=O) groups is 4. The summed E-state index contributed by atoms with van der Waals surface area (Å²) in [5.41, 5.74) is 3.36. The lowest BCUT2D eigenvalue weighted by molar-refractivity contribution is -0.148. The summed E-state index contributed by atoms with van der Waals surface area (Å²) < 4.78 is 14.8. The average Bonchev–Trinajstić information content (AvgIpc) is 3.58. The number of hydrogen-bond acceptors (Lipinski definition) is 7. The Morgan fingerprint density at radius 1 is 1.00 bits per heavy atom. The lowest BCUT2D eigenvalue weighted by Crippen LogP contribution is -2.49. The first-order chi connectivity index (χ1) is 23.0. The second-order valence-corrected chi connectivity index (χ2v) is 12.7. The van der Waals surface area contributed by atoms with E-state index in [0.717, 1.165) is 11.3 Å². The Morgan fingerprint density at radius 3 is 2.40 bits per heavy atom. The Labute approximate surface area is 281 Å². The van der Waals surface area contributed by atoms with Crippen LogP contribution in [0.4, 0.5) is 15.8 Å². The number of fused-ring (bicyclic) bond motifs is 1. The van der Waals surface area contributed by atoms with Gasteiger partial charge in [0.15, 0.2) is 5.82 Å². The highest BCUT2D eigenvalue weighted by Gasteiger charge is 2.42. The van der Waals surface area contributed by atoms with Crippen LogP contribution in [0.3, 0.4) is 0 Å². The third-order valence-corrected chi connectivity index (χ3v) is 9.45. The number of anilines is 2. The van der Waals surface area contributed by atoms with Crippen molar-refractivity contribution in [3.8, 4) is 0 Å². The van der Waals surface area contributed by atoms with E-state index in [2.05, 4.69) is 15.4 Å². The molecule has 2 atom stereocenters. The van der Waals surface area contributed by atoms with Gasteiger partial charge in [-0.05, 0) is 72.9 Å². The molecule has 3 aliphatic heterocycles. The lowest BCUT2D eigenvalue weighted by Gasteiger charge is -2.40. The van der Waals surface area contributed by atoms with Crippen molar-refractivity contribution >= 4 is 52.4 Å². The fraction of sp³-hybridized carbons (Fsp3) is 0.343. The van der Waals surface area contributed by atoms with Crippen molar-refractivity contribution in [2.24, 2.45) is 11.1 Å². The molecule has 0 bridgehead atoms. The number of benzene rings is 3. The monoisotopic (exact) mass is 675 g/mol. The SMILES string of the molecule is CN(C)C(=O)C1CCN(c2cccc3c2CCN(C(=O)C2CC(c4cccc(Cl)c4F)=NO2)C3C(=O)Nc2ccc(C(=O)O)cc2)CC1. The van der Waals surface area contributed by atoms with Crippen LogP contribution < -0.4 is 10.2 Å². The second-order valence-electron chi connectivity index (χ2n) is 12.3. The lowest BCUT2D eigenvalue weighted by atomic mass is 9.88. The zero-order valence-corrected chi connectivity index (χ0v) is 27.2. The average molecular weight is 676 g/mol. The molecule has 13 heteroatoms. The Hall–Kier alpha value is -4.97. The molecule has 1 saturated heterocycles. The largest absolute Gasteiger partial charge is 0.478 e. The topological polar surface area (TPSA) is 132 Å². The number of halogens is 2. The molecule has 6 rings (SSSR count). The molecule has 3 aliphatic rings. The van der Waals surface area contributed by atoms with E-state index in [9.17, 15) is 28.7 Å². The summed E-state index contributed by atoms with van der Waals surface area (Å²) in [6, 6.07) is 14.9. The Morgan fingerprint density at radius 2 is 1.71 bits per heavy atom. The summed E-state index contributed by atoms with van der Waals surface area (Å²) in [5, 5.41) is 16.1. The number of oxime groups is 1. The van der Waals surface area contributed by atoms with Crippen molar-refractivity contribution in [3.05, 3.63) is 93.8 Å². The van der Waals surface area contributed by atoms with Crippen LogP contribution in [0.25, 0.3) is 0 Å². The summed E-state index contributed by atoms with van der Waals surface area (Å²) in [4.78, 5) is 63.0. The minimum absolute atomic E-state index is 0.00883. The van der Waals surface area contributed by atoms with Crippen LogP contribution in [-0.4, -0.2) is 84.1 Å². The number of carboxylic acids is 1. The van der Waals surface area contributed by atoms with E-state index < -0.39 is 35.7 Å². The van der Waals surface area contributed by atoms with E-state index in [0.29, 0.717) is 43.6 Å². The number of hydrogen-bond donors (Lipinski definition) is 2. The van der Waals surface area contributed by atoms with Crippen molar-refractivity contribution in [2.45, 2.75) is 37.8 Å². The standard InChI is InChI=1S/C35H35ClFN5O6/c1-40(2)33(44)20-13-16-41(17-14-20)28-8-4-5-24-23(28)15-18-42(31(24)32(43)38-22-11-9-21(10-12-22)35(46)47)34(45)29-19-27(39-48-29)25-6-3-7-26(36)30(25)37/h3-12,20,29,31H,13-19H2,1-2H3,(H,38,43)(H,46,47). The van der Waals surface area contributed by atoms with E-state index in [1.54, 1.807) is 25.1 Å². The molecule has 0 aromatic heterocycles. The number of amides is 3. The van der Waals surface area contributed by atoms with Crippen molar-refractivity contribution in [1.29, 1.82) is 0 Å². The van der Waals surface area contributed by atoms with Gasteiger partial charge in [0.25, 0.3) is 11.8 Å². The maximum Gasteiger partial charge on any atom is 0.335 e. The number of rotatable bonds is 7. The Bertz CT molecular complexity index is 1790. The molecule has 48 heavy (non-hydrogen) atoms. The molecule has 3 aromatic rings. The molecule has 1 fully saturated rings. The summed E-state index contributed by atoms with van der Waals surface area (Å²) in [6.45, 7) is 1.55. The highest BCUT2D eigenvalue weighted by atomic mass is 35.5. The molecule has 2 N–H and O–H groups in total. The molecule has 3 heterocycles. The van der Waals surface area contributed by atoms with Gasteiger partial charge in [0.1, 0.15) is 6.04 Å². The fourth-order valence-electron chi connectivity index (χ4n) is 6.69. The molecule has 2 unspecified atom stereocenters. The molecule has 11 nitrogen and oxygen atoms in total. The highest BCUT2D eigenvalue weighted by Crippen LogP contribution is 2.39. The number of nitrogens with zero attached hydrogens (tertiary/aromatic N) is 4. The van der Waals surface area contributed by atoms with Crippen molar-refractivity contribution in [1.82, 2.24) is 9.80 Å². The second kappa shape index (κ2) is 13.6. The van der Waals surface area contributed by atoms with Crippen LogP contribution in [0.5, 0.6) is 0 Å². The smallest absolute Gasteiger partial charge is 0.335 e. The van der Waals surface area contributed by atoms with Crippen LogP contribution >= 0.6 is 11.6 Å². The normalized spacial score (nSPS) is 19.2. The molecule has 0 saturated carbocycles. The zero-order chi connectivity index (χ0) is 34.1. The molecule has 0 aliphatic carbocycles. The van der Waals surface area contributed by atoms with Crippen molar-refractivity contribution < 1.29 is 33.5 Å². The number of carbonyl (C=O) groups excluding carboxylic acids is 3. The molecule has 250 valence electrons. The van der Waals surface area contributed by atoms with Gasteiger partial charge in [-0.15, -0.1) is 0 Å². The van der Waals surface area contributed by atoms with Gasteiger partial charge in [0.05, 0.1) is 16.3 Å². The van der Waals surface area contributed by atoms with Gasteiger partial charge in [-0.1, -0.05) is 35.0 Å². The maximum atomic E-state index is 14.8. The predicted octanol–water partition coefficient (Wildman–Crippen LogP) is 4.74. The summed E-state index contributed by atoms with van der Waals surface area (Å²) in [5.74, 6) is -2.64. The van der Waals surface area contributed by atoms with E-state index in [1.807, 2.05) is 18.2 Å². The first-order valence-corrected chi connectivity index (χ1v) is 16.1. The number of piperidine rings is 1. The minimum atomic E-state index is -1.09. The summed E-state index contributed by atoms with van der Waals surface area (Å²) in [7, 11) is 3.53. The zero-order valence-electron chi connectivity index (χ0n) is 26.5. The quantitative estimate of drug-likeness (QED) is 0.370. The van der Waals surface area contributed by atoms with Gasteiger partial charge in [-0.3, -0.25) is 14.4 Å². The molecule has 0 radical (unpaired) electrons. The highest BCUT2D eigenvalue weighted by molar-refractivity contribution is 6.31. The first-order valence-electron chi connectivity index (χ1n) is 15.7. The number of carboxylic acid groups (broad SMARTS) is 1. The summed E-state index contributed by atoms with van der Waals surface area (Å²) >= 11 is 5.97. The third-order valence-electron chi connectivity index (χ3n) is 9.16. The van der Waals surface area contributed by atoms with E-state index in [-0.39, 0.29) is 46.7 Å². The third kappa shape index (κ3) is 6.44. The van der Waals surface area contributed by atoms with Crippen molar-refractivity contribution in [2.75, 3.05) is 43.9 Å². The van der Waals surface area contributed by atoms with Crippen LogP contribution in [0, 0.1) is 11.7 Å². The van der Waals surface area contributed by atoms with Gasteiger partial charge < -0.3 is 30.0 Å². The molecule has 3 amide bonds. The van der Waals surface area contributed by atoms with Crippen LogP contribution in [0.2, 0.25) is 5.02 Å². The first kappa shape index (κ1) is 33.0. The van der Waals surface area contributed by atoms with Crippen molar-refractivity contribution in [3.63, 3.8) is 0 Å².